The fraction of sp³-hybridized carbons (Fsp3) is 0.368. The topological polar surface area (TPSA) is 49.7 Å². The van der Waals surface area contributed by atoms with Crippen molar-refractivity contribution in [2.45, 2.75) is 45.8 Å². The minimum atomic E-state index is -1.12. The quantitative estimate of drug-likeness (QED) is 0.835. The van der Waals surface area contributed by atoms with E-state index in [4.69, 9.17) is 4.65 Å². The predicted octanol–water partition coefficient (Wildman–Crippen LogP) is 2.92. The normalized spacial score (nSPS) is 12.3. The third kappa shape index (κ3) is 4.02. The maximum Gasteiger partial charge on any atom is 0.492 e. The summed E-state index contributed by atoms with van der Waals surface area (Å²) in [6.07, 6.45) is 0. The van der Waals surface area contributed by atoms with E-state index in [1.54, 1.807) is 27.7 Å². The van der Waals surface area contributed by atoms with Crippen LogP contribution in [-0.2, 0) is 4.65 Å². The molecule has 0 aliphatic rings. The Morgan fingerprint density at radius 3 is 2.04 bits per heavy atom. The lowest BCUT2D eigenvalue weighted by molar-refractivity contribution is -0.0982. The van der Waals surface area contributed by atoms with E-state index in [2.05, 4.69) is 0 Å². The molecule has 0 atom stereocenters. The van der Waals surface area contributed by atoms with E-state index >= 15 is 0 Å². The summed E-state index contributed by atoms with van der Waals surface area (Å²) >= 11 is 0. The number of aryl methyl sites for hydroxylation is 1. The van der Waals surface area contributed by atoms with E-state index in [-0.39, 0.29) is 0 Å². The standard InChI is InChI=1S/C19H25BO3/c1-14-10-12-15(13-11-14)16-8-6-7-9-17(16)20(22)23-19(4,5)18(2,3)21/h6-13,21-22H,1-5H3. The van der Waals surface area contributed by atoms with Gasteiger partial charge in [-0.1, -0.05) is 54.1 Å². The average molecular weight is 312 g/mol. The van der Waals surface area contributed by atoms with Gasteiger partial charge in [-0.25, -0.2) is 0 Å². The van der Waals surface area contributed by atoms with Crippen molar-refractivity contribution in [3.8, 4) is 11.1 Å². The molecule has 0 radical (unpaired) electrons. The van der Waals surface area contributed by atoms with Gasteiger partial charge in [0.1, 0.15) is 0 Å². The van der Waals surface area contributed by atoms with Gasteiger partial charge in [0.15, 0.2) is 0 Å². The Kier molecular flexibility index (Phi) is 5.00. The highest BCUT2D eigenvalue weighted by Gasteiger charge is 2.40. The highest BCUT2D eigenvalue weighted by Crippen LogP contribution is 2.26. The Morgan fingerprint density at radius 1 is 0.913 bits per heavy atom. The lowest BCUT2D eigenvalue weighted by atomic mass is 9.73. The Bertz CT molecular complexity index is 657. The third-order valence-electron chi connectivity index (χ3n) is 4.47. The molecule has 0 saturated carbocycles. The van der Waals surface area contributed by atoms with Gasteiger partial charge in [-0.15, -0.1) is 0 Å². The molecule has 23 heavy (non-hydrogen) atoms. The highest BCUT2D eigenvalue weighted by molar-refractivity contribution is 6.62. The minimum Gasteiger partial charge on any atom is -0.423 e. The van der Waals surface area contributed by atoms with Crippen LogP contribution < -0.4 is 5.46 Å². The van der Waals surface area contributed by atoms with Crippen molar-refractivity contribution in [1.29, 1.82) is 0 Å². The summed E-state index contributed by atoms with van der Waals surface area (Å²) in [5.41, 5.74) is 1.85. The van der Waals surface area contributed by atoms with E-state index in [0.717, 1.165) is 11.1 Å². The van der Waals surface area contributed by atoms with Gasteiger partial charge in [0.05, 0.1) is 11.2 Å². The number of hydrogen-bond acceptors (Lipinski definition) is 3. The summed E-state index contributed by atoms with van der Waals surface area (Å²) in [4.78, 5) is 0. The maximum atomic E-state index is 10.6. The highest BCUT2D eigenvalue weighted by atomic mass is 16.5. The molecule has 0 unspecified atom stereocenters. The zero-order valence-electron chi connectivity index (χ0n) is 14.5. The van der Waals surface area contributed by atoms with Crippen molar-refractivity contribution in [3.05, 3.63) is 54.1 Å². The van der Waals surface area contributed by atoms with Gasteiger partial charge in [-0.3, -0.25) is 0 Å². The van der Waals surface area contributed by atoms with Crippen molar-refractivity contribution in [2.24, 2.45) is 0 Å². The van der Waals surface area contributed by atoms with Gasteiger partial charge in [-0.2, -0.15) is 0 Å². The molecule has 0 saturated heterocycles. The summed E-state index contributed by atoms with van der Waals surface area (Å²) in [6, 6.07) is 15.8. The van der Waals surface area contributed by atoms with Crippen molar-refractivity contribution in [1.82, 2.24) is 0 Å². The first-order valence-corrected chi connectivity index (χ1v) is 7.86. The van der Waals surface area contributed by atoms with Gasteiger partial charge in [0.2, 0.25) is 0 Å². The summed E-state index contributed by atoms with van der Waals surface area (Å²) < 4.78 is 5.78. The first kappa shape index (κ1) is 17.7. The molecule has 0 aliphatic heterocycles. The molecular formula is C19H25BO3. The van der Waals surface area contributed by atoms with Gasteiger partial charge in [-0.05, 0) is 51.2 Å². The SMILES string of the molecule is Cc1ccc(-c2ccccc2B(O)OC(C)(C)C(C)(C)O)cc1. The predicted molar refractivity (Wildman–Crippen MR) is 95.7 cm³/mol. The largest absolute Gasteiger partial charge is 0.492 e. The van der Waals surface area contributed by atoms with Crippen LogP contribution in [0.2, 0.25) is 0 Å². The fourth-order valence-electron chi connectivity index (χ4n) is 2.20. The lowest BCUT2D eigenvalue weighted by Gasteiger charge is -2.38. The van der Waals surface area contributed by atoms with Gasteiger partial charge in [0.25, 0.3) is 0 Å². The average Bonchev–Trinajstić information content (AvgIpc) is 2.46. The van der Waals surface area contributed by atoms with E-state index in [0.29, 0.717) is 5.46 Å². The Morgan fingerprint density at radius 2 is 1.48 bits per heavy atom. The van der Waals surface area contributed by atoms with E-state index in [1.807, 2.05) is 55.5 Å². The van der Waals surface area contributed by atoms with Crippen LogP contribution in [0.5, 0.6) is 0 Å². The van der Waals surface area contributed by atoms with Crippen LogP contribution in [0.25, 0.3) is 11.1 Å². The van der Waals surface area contributed by atoms with Crippen LogP contribution in [0, 0.1) is 6.92 Å². The van der Waals surface area contributed by atoms with E-state index in [9.17, 15) is 10.1 Å². The summed E-state index contributed by atoms with van der Waals surface area (Å²) in [7, 11) is -1.12. The monoisotopic (exact) mass is 312 g/mol. The number of aliphatic hydroxyl groups is 1. The second-order valence-electron chi connectivity index (χ2n) is 6.99. The zero-order chi connectivity index (χ0) is 17.3. The third-order valence-corrected chi connectivity index (χ3v) is 4.47. The first-order valence-electron chi connectivity index (χ1n) is 7.86. The molecule has 122 valence electrons. The Labute approximate surface area is 139 Å². The van der Waals surface area contributed by atoms with Crippen LogP contribution >= 0.6 is 0 Å². The second kappa shape index (κ2) is 6.48. The van der Waals surface area contributed by atoms with Crippen LogP contribution in [-0.4, -0.2) is 28.5 Å². The maximum absolute atomic E-state index is 10.6. The van der Waals surface area contributed by atoms with Crippen LogP contribution in [0.3, 0.4) is 0 Å². The molecule has 0 fully saturated rings. The van der Waals surface area contributed by atoms with Crippen molar-refractivity contribution < 1.29 is 14.8 Å². The lowest BCUT2D eigenvalue weighted by Crippen LogP contribution is -2.53. The summed E-state index contributed by atoms with van der Waals surface area (Å²) in [5.74, 6) is 0. The molecule has 4 heteroatoms. The summed E-state index contributed by atoms with van der Waals surface area (Å²) in [6.45, 7) is 8.92. The van der Waals surface area contributed by atoms with Crippen LogP contribution in [0.4, 0.5) is 0 Å². The van der Waals surface area contributed by atoms with Crippen LogP contribution in [0.15, 0.2) is 48.5 Å². The Balaban J connectivity index is 2.35. The fourth-order valence-corrected chi connectivity index (χ4v) is 2.20. The van der Waals surface area contributed by atoms with Crippen LogP contribution in [0.1, 0.15) is 33.3 Å². The van der Waals surface area contributed by atoms with E-state index in [1.165, 1.54) is 5.56 Å². The van der Waals surface area contributed by atoms with Gasteiger partial charge in [0, 0.05) is 0 Å². The molecule has 3 nitrogen and oxygen atoms in total. The second-order valence-corrected chi connectivity index (χ2v) is 6.99. The smallest absolute Gasteiger partial charge is 0.423 e. The number of rotatable bonds is 5. The van der Waals surface area contributed by atoms with Crippen molar-refractivity contribution in [2.75, 3.05) is 0 Å². The molecule has 2 aromatic carbocycles. The van der Waals surface area contributed by atoms with E-state index < -0.39 is 18.3 Å². The van der Waals surface area contributed by atoms with Gasteiger partial charge < -0.3 is 14.8 Å². The molecule has 0 aromatic heterocycles. The molecule has 2 N–H and O–H groups in total. The zero-order valence-corrected chi connectivity index (χ0v) is 14.5. The summed E-state index contributed by atoms with van der Waals surface area (Å²) in [5, 5.41) is 20.8. The van der Waals surface area contributed by atoms with Crippen molar-refractivity contribution in [3.63, 3.8) is 0 Å². The molecule has 2 aromatic rings. The molecule has 0 aliphatic carbocycles. The molecular weight excluding hydrogens is 287 g/mol. The van der Waals surface area contributed by atoms with Gasteiger partial charge >= 0.3 is 7.12 Å². The van der Waals surface area contributed by atoms with Crippen molar-refractivity contribution >= 4 is 12.6 Å². The number of hydrogen-bond donors (Lipinski definition) is 2. The molecule has 2 rings (SSSR count). The molecule has 0 spiro atoms. The Hall–Kier alpha value is -1.62. The number of benzene rings is 2. The molecule has 0 bridgehead atoms. The minimum absolute atomic E-state index is 0.689. The first-order chi connectivity index (χ1) is 10.6. The molecule has 0 amide bonds. The molecule has 0 heterocycles.